The smallest absolute Gasteiger partial charge is 0.321 e. The van der Waals surface area contributed by atoms with Gasteiger partial charge in [-0.1, -0.05) is 6.92 Å². The first-order chi connectivity index (χ1) is 6.15. The number of thioether (sulfide) groups is 1. The van der Waals surface area contributed by atoms with E-state index in [4.69, 9.17) is 0 Å². The SMILES string of the molecule is CC1SCCCC12CC(=O)OC2=O. The fourth-order valence-electron chi connectivity index (χ4n) is 2.08. The van der Waals surface area contributed by atoms with Crippen LogP contribution in [-0.4, -0.2) is 22.9 Å². The largest absolute Gasteiger partial charge is 0.393 e. The zero-order chi connectivity index (χ0) is 9.47. The van der Waals surface area contributed by atoms with Gasteiger partial charge in [-0.25, -0.2) is 0 Å². The first-order valence-electron chi connectivity index (χ1n) is 4.52. The summed E-state index contributed by atoms with van der Waals surface area (Å²) in [6.45, 7) is 2.02. The summed E-state index contributed by atoms with van der Waals surface area (Å²) in [5, 5.41) is 0.222. The number of ether oxygens (including phenoxy) is 1. The van der Waals surface area contributed by atoms with E-state index >= 15 is 0 Å². The van der Waals surface area contributed by atoms with E-state index in [-0.39, 0.29) is 17.2 Å². The minimum atomic E-state index is -0.486. The zero-order valence-electron chi connectivity index (χ0n) is 7.54. The number of hydrogen-bond donors (Lipinski definition) is 0. The number of rotatable bonds is 0. The zero-order valence-corrected chi connectivity index (χ0v) is 8.36. The summed E-state index contributed by atoms with van der Waals surface area (Å²) in [5.41, 5.74) is -0.486. The Kier molecular flexibility index (Phi) is 2.10. The predicted octanol–water partition coefficient (Wildman–Crippen LogP) is 1.36. The van der Waals surface area contributed by atoms with Gasteiger partial charge < -0.3 is 4.74 Å². The molecule has 2 heterocycles. The van der Waals surface area contributed by atoms with Crippen LogP contribution in [0.2, 0.25) is 0 Å². The molecule has 13 heavy (non-hydrogen) atoms. The Morgan fingerprint density at radius 3 is 2.85 bits per heavy atom. The van der Waals surface area contributed by atoms with Crippen LogP contribution in [-0.2, 0) is 14.3 Å². The van der Waals surface area contributed by atoms with Crippen molar-refractivity contribution in [2.24, 2.45) is 5.41 Å². The highest BCUT2D eigenvalue weighted by molar-refractivity contribution is 8.00. The molecule has 2 aliphatic rings. The second kappa shape index (κ2) is 3.01. The molecule has 4 heteroatoms. The molecular formula is C9H12O3S. The Labute approximate surface area is 81.2 Å². The summed E-state index contributed by atoms with van der Waals surface area (Å²) in [7, 11) is 0. The van der Waals surface area contributed by atoms with Gasteiger partial charge in [0.15, 0.2) is 0 Å². The van der Waals surface area contributed by atoms with Crippen molar-refractivity contribution in [3.63, 3.8) is 0 Å². The Morgan fingerprint density at radius 1 is 1.54 bits per heavy atom. The minimum Gasteiger partial charge on any atom is -0.393 e. The molecule has 0 bridgehead atoms. The Hall–Kier alpha value is -0.510. The van der Waals surface area contributed by atoms with Crippen LogP contribution in [0.4, 0.5) is 0 Å². The molecule has 0 amide bonds. The summed E-state index contributed by atoms with van der Waals surface area (Å²) in [5.74, 6) is 0.446. The molecule has 0 aromatic carbocycles. The van der Waals surface area contributed by atoms with E-state index in [0.717, 1.165) is 18.6 Å². The lowest BCUT2D eigenvalue weighted by atomic mass is 9.78. The van der Waals surface area contributed by atoms with E-state index in [0.29, 0.717) is 6.42 Å². The van der Waals surface area contributed by atoms with Crippen LogP contribution in [0.15, 0.2) is 0 Å². The van der Waals surface area contributed by atoms with Gasteiger partial charge in [-0.15, -0.1) is 0 Å². The van der Waals surface area contributed by atoms with Crippen LogP contribution in [0, 0.1) is 5.41 Å². The normalized spacial score (nSPS) is 39.6. The lowest BCUT2D eigenvalue weighted by Gasteiger charge is -2.34. The fraction of sp³-hybridized carbons (Fsp3) is 0.778. The maximum absolute atomic E-state index is 11.5. The van der Waals surface area contributed by atoms with Crippen molar-refractivity contribution in [3.8, 4) is 0 Å². The van der Waals surface area contributed by atoms with Gasteiger partial charge in [0.05, 0.1) is 11.8 Å². The van der Waals surface area contributed by atoms with Gasteiger partial charge in [-0.2, -0.15) is 11.8 Å². The molecule has 0 radical (unpaired) electrons. The van der Waals surface area contributed by atoms with E-state index < -0.39 is 5.41 Å². The van der Waals surface area contributed by atoms with Gasteiger partial charge in [0, 0.05) is 5.25 Å². The van der Waals surface area contributed by atoms with Crippen molar-refractivity contribution in [1.82, 2.24) is 0 Å². The second-order valence-electron chi connectivity index (χ2n) is 3.71. The fourth-order valence-corrected chi connectivity index (χ4v) is 3.36. The maximum atomic E-state index is 11.5. The molecule has 2 fully saturated rings. The molecule has 0 saturated carbocycles. The lowest BCUT2D eigenvalue weighted by Crippen LogP contribution is -2.38. The monoisotopic (exact) mass is 200 g/mol. The van der Waals surface area contributed by atoms with Gasteiger partial charge in [0.25, 0.3) is 0 Å². The molecule has 2 unspecified atom stereocenters. The predicted molar refractivity (Wildman–Crippen MR) is 49.3 cm³/mol. The summed E-state index contributed by atoms with van der Waals surface area (Å²) in [6.07, 6.45) is 2.11. The van der Waals surface area contributed by atoms with Crippen molar-refractivity contribution in [1.29, 1.82) is 0 Å². The third kappa shape index (κ3) is 1.27. The molecule has 2 rings (SSSR count). The van der Waals surface area contributed by atoms with Gasteiger partial charge >= 0.3 is 11.9 Å². The van der Waals surface area contributed by atoms with Gasteiger partial charge in [0.2, 0.25) is 0 Å². The van der Waals surface area contributed by atoms with Crippen molar-refractivity contribution < 1.29 is 14.3 Å². The van der Waals surface area contributed by atoms with Gasteiger partial charge in [0.1, 0.15) is 0 Å². The summed E-state index contributed by atoms with van der Waals surface area (Å²) >= 11 is 1.77. The molecule has 2 saturated heterocycles. The van der Waals surface area contributed by atoms with E-state index in [1.807, 2.05) is 6.92 Å². The maximum Gasteiger partial charge on any atom is 0.321 e. The third-order valence-corrected chi connectivity index (χ3v) is 4.46. The highest BCUT2D eigenvalue weighted by Gasteiger charge is 2.53. The lowest BCUT2D eigenvalue weighted by molar-refractivity contribution is -0.155. The van der Waals surface area contributed by atoms with Crippen molar-refractivity contribution in [2.45, 2.75) is 31.4 Å². The molecule has 0 N–H and O–H groups in total. The minimum absolute atomic E-state index is 0.222. The number of esters is 2. The molecule has 3 nitrogen and oxygen atoms in total. The van der Waals surface area contributed by atoms with Crippen LogP contribution >= 0.6 is 11.8 Å². The van der Waals surface area contributed by atoms with Gasteiger partial charge in [-0.05, 0) is 18.6 Å². The molecule has 0 aromatic heterocycles. The molecule has 2 atom stereocenters. The average molecular weight is 200 g/mol. The topological polar surface area (TPSA) is 43.4 Å². The Balaban J connectivity index is 2.26. The second-order valence-corrected chi connectivity index (χ2v) is 5.16. The summed E-state index contributed by atoms with van der Waals surface area (Å²) in [6, 6.07) is 0. The third-order valence-electron chi connectivity index (χ3n) is 2.99. The average Bonchev–Trinajstić information content (AvgIpc) is 2.35. The highest BCUT2D eigenvalue weighted by atomic mass is 32.2. The molecule has 0 aliphatic carbocycles. The molecule has 2 aliphatic heterocycles. The first kappa shape index (κ1) is 9.06. The Morgan fingerprint density at radius 2 is 2.31 bits per heavy atom. The molecular weight excluding hydrogens is 188 g/mol. The van der Waals surface area contributed by atoms with E-state index in [1.54, 1.807) is 11.8 Å². The van der Waals surface area contributed by atoms with Crippen LogP contribution in [0.3, 0.4) is 0 Å². The molecule has 72 valence electrons. The van der Waals surface area contributed by atoms with Crippen molar-refractivity contribution in [2.75, 3.05) is 5.75 Å². The first-order valence-corrected chi connectivity index (χ1v) is 5.57. The van der Waals surface area contributed by atoms with Crippen LogP contribution in [0.5, 0.6) is 0 Å². The molecule has 0 aromatic rings. The van der Waals surface area contributed by atoms with E-state index in [2.05, 4.69) is 4.74 Å². The summed E-state index contributed by atoms with van der Waals surface area (Å²) in [4.78, 5) is 22.5. The van der Waals surface area contributed by atoms with Crippen molar-refractivity contribution >= 4 is 23.7 Å². The highest BCUT2D eigenvalue weighted by Crippen LogP contribution is 2.47. The van der Waals surface area contributed by atoms with Crippen molar-refractivity contribution in [3.05, 3.63) is 0 Å². The van der Waals surface area contributed by atoms with Crippen LogP contribution in [0.1, 0.15) is 26.2 Å². The van der Waals surface area contributed by atoms with Crippen LogP contribution < -0.4 is 0 Å². The summed E-state index contributed by atoms with van der Waals surface area (Å²) < 4.78 is 4.63. The number of cyclic esters (lactones) is 2. The number of carbonyl (C=O) groups is 2. The van der Waals surface area contributed by atoms with E-state index in [1.165, 1.54) is 0 Å². The van der Waals surface area contributed by atoms with Gasteiger partial charge in [-0.3, -0.25) is 9.59 Å². The van der Waals surface area contributed by atoms with Crippen LogP contribution in [0.25, 0.3) is 0 Å². The standard InChI is InChI=1S/C9H12O3S/c1-6-9(3-2-4-13-6)5-7(10)12-8(9)11/h6H,2-5H2,1H3. The molecule has 1 spiro atoms. The van der Waals surface area contributed by atoms with E-state index in [9.17, 15) is 9.59 Å². The quantitative estimate of drug-likeness (QED) is 0.437. The number of carbonyl (C=O) groups excluding carboxylic acids is 2. The Bertz CT molecular complexity index is 264. The number of hydrogen-bond acceptors (Lipinski definition) is 4.